The Morgan fingerprint density at radius 3 is 2.52 bits per heavy atom. The first kappa shape index (κ1) is 17.7. The summed E-state index contributed by atoms with van der Waals surface area (Å²) in [5.74, 6) is -0.872. The number of amides is 1. The van der Waals surface area contributed by atoms with Gasteiger partial charge in [0.05, 0.1) is 12.0 Å². The number of carboxylic acid groups (broad SMARTS) is 1. The summed E-state index contributed by atoms with van der Waals surface area (Å²) in [5.41, 5.74) is -1.13. The number of thiophene rings is 1. The molecule has 128 valence electrons. The maximum Gasteiger partial charge on any atom is 0.410 e. The van der Waals surface area contributed by atoms with Crippen molar-refractivity contribution in [1.82, 2.24) is 10.2 Å². The molecule has 0 radical (unpaired) electrons. The van der Waals surface area contributed by atoms with Crippen molar-refractivity contribution in [3.8, 4) is 0 Å². The lowest BCUT2D eigenvalue weighted by Crippen LogP contribution is -2.71. The van der Waals surface area contributed by atoms with Crippen LogP contribution in [-0.4, -0.2) is 46.3 Å². The zero-order chi connectivity index (χ0) is 17.3. The van der Waals surface area contributed by atoms with E-state index >= 15 is 0 Å². The van der Waals surface area contributed by atoms with E-state index in [0.717, 1.165) is 4.88 Å². The van der Waals surface area contributed by atoms with E-state index in [0.29, 0.717) is 19.6 Å². The van der Waals surface area contributed by atoms with Crippen LogP contribution in [0.2, 0.25) is 0 Å². The molecule has 0 spiro atoms. The van der Waals surface area contributed by atoms with Crippen LogP contribution >= 0.6 is 11.3 Å². The average molecular weight is 340 g/mol. The minimum absolute atomic E-state index is 0.0172. The molecule has 1 aromatic rings. The topological polar surface area (TPSA) is 78.9 Å². The number of nitrogens with zero attached hydrogens (tertiary/aromatic N) is 1. The molecule has 0 aliphatic carbocycles. The number of nitrogens with one attached hydrogen (secondary N) is 1. The summed E-state index contributed by atoms with van der Waals surface area (Å²) in [6.45, 7) is 8.77. The highest BCUT2D eigenvalue weighted by atomic mass is 32.1. The molecule has 0 saturated carbocycles. The van der Waals surface area contributed by atoms with Crippen LogP contribution < -0.4 is 5.32 Å². The number of carbonyl (C=O) groups is 2. The molecule has 2 rings (SSSR count). The monoisotopic (exact) mass is 340 g/mol. The van der Waals surface area contributed by atoms with E-state index in [1.165, 1.54) is 4.88 Å². The van der Waals surface area contributed by atoms with E-state index in [-0.39, 0.29) is 6.42 Å². The van der Waals surface area contributed by atoms with E-state index in [9.17, 15) is 9.59 Å². The first-order valence-corrected chi connectivity index (χ1v) is 8.40. The van der Waals surface area contributed by atoms with Gasteiger partial charge in [0.25, 0.3) is 0 Å². The van der Waals surface area contributed by atoms with E-state index in [1.807, 2.05) is 39.8 Å². The van der Waals surface area contributed by atoms with Gasteiger partial charge < -0.3 is 20.1 Å². The van der Waals surface area contributed by atoms with Gasteiger partial charge in [-0.1, -0.05) is 0 Å². The largest absolute Gasteiger partial charge is 0.481 e. The van der Waals surface area contributed by atoms with Gasteiger partial charge in [0.15, 0.2) is 0 Å². The van der Waals surface area contributed by atoms with E-state index in [2.05, 4.69) is 5.32 Å². The Kier molecular flexibility index (Phi) is 5.01. The van der Waals surface area contributed by atoms with Crippen molar-refractivity contribution in [3.05, 3.63) is 21.9 Å². The third-order valence-corrected chi connectivity index (χ3v) is 4.56. The Morgan fingerprint density at radius 2 is 2.04 bits per heavy atom. The van der Waals surface area contributed by atoms with Crippen molar-refractivity contribution in [3.63, 3.8) is 0 Å². The van der Waals surface area contributed by atoms with Crippen LogP contribution in [0.1, 0.15) is 36.9 Å². The number of aliphatic carboxylic acids is 1. The Morgan fingerprint density at radius 1 is 1.39 bits per heavy atom. The molecule has 2 heterocycles. The lowest BCUT2D eigenvalue weighted by Gasteiger charge is -2.49. The SMILES string of the molecule is Cc1ccc(CNC2(CC(=O)O)CN(C(=O)OC(C)(C)C)C2)s1. The van der Waals surface area contributed by atoms with Crippen LogP contribution in [0.15, 0.2) is 12.1 Å². The molecule has 1 aliphatic heterocycles. The van der Waals surface area contributed by atoms with Gasteiger partial charge in [0.2, 0.25) is 0 Å². The quantitative estimate of drug-likeness (QED) is 0.861. The summed E-state index contributed by atoms with van der Waals surface area (Å²) in [4.78, 5) is 27.1. The normalized spacial score (nSPS) is 16.8. The average Bonchev–Trinajstić information content (AvgIpc) is 2.75. The van der Waals surface area contributed by atoms with Gasteiger partial charge in [-0.05, 0) is 39.8 Å². The minimum Gasteiger partial charge on any atom is -0.481 e. The van der Waals surface area contributed by atoms with E-state index in [1.54, 1.807) is 16.2 Å². The van der Waals surface area contributed by atoms with Crippen LogP contribution in [0.25, 0.3) is 0 Å². The van der Waals surface area contributed by atoms with Gasteiger partial charge in [0, 0.05) is 29.4 Å². The van der Waals surface area contributed by atoms with E-state index < -0.39 is 23.2 Å². The summed E-state index contributed by atoms with van der Waals surface area (Å²) >= 11 is 1.68. The fraction of sp³-hybridized carbons (Fsp3) is 0.625. The van der Waals surface area contributed by atoms with Crippen LogP contribution in [0.3, 0.4) is 0 Å². The standard InChI is InChI=1S/C16H24N2O4S/c1-11-5-6-12(23-11)8-17-16(7-13(19)20)9-18(10-16)14(21)22-15(2,3)4/h5-6,17H,7-10H2,1-4H3,(H,19,20). The molecule has 6 nitrogen and oxygen atoms in total. The molecule has 2 N–H and O–H groups in total. The Bertz CT molecular complexity index is 585. The maximum absolute atomic E-state index is 12.0. The van der Waals surface area contributed by atoms with Gasteiger partial charge in [0.1, 0.15) is 5.60 Å². The molecule has 1 aliphatic rings. The van der Waals surface area contributed by atoms with Crippen LogP contribution in [0.5, 0.6) is 0 Å². The lowest BCUT2D eigenvalue weighted by atomic mass is 9.86. The highest BCUT2D eigenvalue weighted by Gasteiger charge is 2.47. The number of hydrogen-bond donors (Lipinski definition) is 2. The zero-order valence-corrected chi connectivity index (χ0v) is 14.8. The fourth-order valence-electron chi connectivity index (χ4n) is 2.57. The van der Waals surface area contributed by atoms with Gasteiger partial charge in [-0.2, -0.15) is 0 Å². The molecule has 7 heteroatoms. The van der Waals surface area contributed by atoms with Crippen molar-refractivity contribution >= 4 is 23.4 Å². The van der Waals surface area contributed by atoms with Crippen LogP contribution in [-0.2, 0) is 16.1 Å². The highest BCUT2D eigenvalue weighted by molar-refractivity contribution is 7.11. The summed E-state index contributed by atoms with van der Waals surface area (Å²) in [6.07, 6.45) is -0.413. The van der Waals surface area contributed by atoms with Gasteiger partial charge in [-0.15, -0.1) is 11.3 Å². The second-order valence-electron chi connectivity index (χ2n) is 7.05. The van der Waals surface area contributed by atoms with Crippen molar-refractivity contribution in [2.75, 3.05) is 13.1 Å². The number of carbonyl (C=O) groups excluding carboxylic acids is 1. The molecule has 0 unspecified atom stereocenters. The molecule has 0 aromatic carbocycles. The molecule has 0 bridgehead atoms. The van der Waals surface area contributed by atoms with E-state index in [4.69, 9.17) is 9.84 Å². The zero-order valence-electron chi connectivity index (χ0n) is 14.0. The third-order valence-electron chi connectivity index (χ3n) is 3.56. The Labute approximate surface area is 140 Å². The summed E-state index contributed by atoms with van der Waals surface area (Å²) in [5, 5.41) is 12.5. The van der Waals surface area contributed by atoms with Crippen LogP contribution in [0.4, 0.5) is 4.79 Å². The predicted molar refractivity (Wildman–Crippen MR) is 88.7 cm³/mol. The molecule has 23 heavy (non-hydrogen) atoms. The molecular weight excluding hydrogens is 316 g/mol. The number of rotatable bonds is 5. The summed E-state index contributed by atoms with van der Waals surface area (Å²) < 4.78 is 5.32. The second-order valence-corrected chi connectivity index (χ2v) is 8.43. The summed E-state index contributed by atoms with van der Waals surface area (Å²) in [7, 11) is 0. The molecule has 1 aromatic heterocycles. The van der Waals surface area contributed by atoms with Crippen LogP contribution in [0, 0.1) is 6.92 Å². The smallest absolute Gasteiger partial charge is 0.410 e. The number of likely N-dealkylation sites (tertiary alicyclic amines) is 1. The first-order valence-electron chi connectivity index (χ1n) is 7.59. The lowest BCUT2D eigenvalue weighted by molar-refractivity contribution is -0.141. The molecule has 1 fully saturated rings. The maximum atomic E-state index is 12.0. The molecular formula is C16H24N2O4S. The summed E-state index contributed by atoms with van der Waals surface area (Å²) in [6, 6.07) is 4.07. The van der Waals surface area contributed by atoms with Crippen molar-refractivity contribution in [2.45, 2.75) is 51.8 Å². The molecule has 1 saturated heterocycles. The Hall–Kier alpha value is -1.60. The Balaban J connectivity index is 1.94. The highest BCUT2D eigenvalue weighted by Crippen LogP contribution is 2.28. The van der Waals surface area contributed by atoms with Crippen molar-refractivity contribution in [2.24, 2.45) is 0 Å². The fourth-order valence-corrected chi connectivity index (χ4v) is 3.40. The second kappa shape index (κ2) is 6.49. The molecule has 1 amide bonds. The molecule has 0 atom stereocenters. The third kappa shape index (κ3) is 4.94. The number of carboxylic acids is 1. The van der Waals surface area contributed by atoms with Gasteiger partial charge in [-0.3, -0.25) is 4.79 Å². The van der Waals surface area contributed by atoms with Crippen molar-refractivity contribution in [1.29, 1.82) is 0 Å². The number of aryl methyl sites for hydroxylation is 1. The van der Waals surface area contributed by atoms with Gasteiger partial charge in [-0.25, -0.2) is 4.79 Å². The first-order chi connectivity index (χ1) is 10.6. The minimum atomic E-state index is -0.872. The van der Waals surface area contributed by atoms with Crippen molar-refractivity contribution < 1.29 is 19.4 Å². The predicted octanol–water partition coefficient (Wildman–Crippen LogP) is 2.61. The number of ether oxygens (including phenoxy) is 1. The number of hydrogen-bond acceptors (Lipinski definition) is 5. The van der Waals surface area contributed by atoms with Gasteiger partial charge >= 0.3 is 12.1 Å².